The van der Waals surface area contributed by atoms with Crippen LogP contribution in [0.3, 0.4) is 0 Å². The Morgan fingerprint density at radius 1 is 1.14 bits per heavy atom. The number of ether oxygens (including phenoxy) is 2. The fraction of sp³-hybridized carbons (Fsp3) is 0.367. The number of hydroxylamine groups is 1. The van der Waals surface area contributed by atoms with E-state index in [-0.39, 0.29) is 16.0 Å². The van der Waals surface area contributed by atoms with Gasteiger partial charge in [-0.25, -0.2) is 19.4 Å². The molecule has 232 valence electrons. The average molecular weight is 645 g/mol. The first kappa shape index (κ1) is 30.4. The topological polar surface area (TPSA) is 104 Å². The summed E-state index contributed by atoms with van der Waals surface area (Å²) in [5.41, 5.74) is 2.37. The van der Waals surface area contributed by atoms with Crippen molar-refractivity contribution in [3.05, 3.63) is 70.7 Å². The Hall–Kier alpha value is -3.68. The van der Waals surface area contributed by atoms with Gasteiger partial charge in [-0.3, -0.25) is 14.5 Å². The maximum atomic E-state index is 15.0. The van der Waals surface area contributed by atoms with Crippen molar-refractivity contribution in [3.63, 3.8) is 0 Å². The number of benzene rings is 2. The molecule has 0 bridgehead atoms. The zero-order valence-corrected chi connectivity index (χ0v) is 25.6. The number of aromatic nitrogens is 2. The van der Waals surface area contributed by atoms with E-state index in [2.05, 4.69) is 37.0 Å². The van der Waals surface area contributed by atoms with E-state index in [0.717, 1.165) is 45.1 Å². The highest BCUT2D eigenvalue weighted by Gasteiger charge is 2.33. The summed E-state index contributed by atoms with van der Waals surface area (Å²) in [6.07, 6.45) is 3.14. The summed E-state index contributed by atoms with van der Waals surface area (Å²) in [6.45, 7) is 8.87. The first-order chi connectivity index (χ1) is 21.4. The minimum Gasteiger partial charge on any atom is -0.494 e. The van der Waals surface area contributed by atoms with Crippen LogP contribution in [-0.4, -0.2) is 79.9 Å². The molecule has 0 saturated carbocycles. The van der Waals surface area contributed by atoms with Crippen molar-refractivity contribution < 1.29 is 23.5 Å². The summed E-state index contributed by atoms with van der Waals surface area (Å²) in [5, 5.41) is 7.77. The molecule has 4 heterocycles. The van der Waals surface area contributed by atoms with Crippen molar-refractivity contribution in [1.29, 1.82) is 0 Å². The van der Waals surface area contributed by atoms with Crippen LogP contribution in [0.15, 0.2) is 49.3 Å². The molecule has 0 aliphatic carbocycles. The molecule has 14 heteroatoms. The molecular formula is C30H32Cl2FN7O4. The van der Waals surface area contributed by atoms with Crippen LogP contribution in [0, 0.1) is 5.82 Å². The summed E-state index contributed by atoms with van der Waals surface area (Å²) < 4.78 is 26.2. The molecule has 0 spiro atoms. The monoisotopic (exact) mass is 643 g/mol. The maximum absolute atomic E-state index is 15.0. The van der Waals surface area contributed by atoms with Crippen molar-refractivity contribution in [2.24, 2.45) is 0 Å². The van der Waals surface area contributed by atoms with Crippen molar-refractivity contribution in [1.82, 2.24) is 14.9 Å². The van der Waals surface area contributed by atoms with E-state index in [4.69, 9.17) is 37.5 Å². The third-order valence-corrected chi connectivity index (χ3v) is 8.80. The summed E-state index contributed by atoms with van der Waals surface area (Å²) in [7, 11) is 1.58. The number of methoxy groups -OCH3 is 1. The molecule has 0 unspecified atom stereocenters. The molecule has 3 aliphatic heterocycles. The second kappa shape index (κ2) is 13.1. The smallest absolute Gasteiger partial charge is 0.247 e. The van der Waals surface area contributed by atoms with Crippen LogP contribution < -0.4 is 25.3 Å². The Morgan fingerprint density at radius 3 is 2.64 bits per heavy atom. The summed E-state index contributed by atoms with van der Waals surface area (Å²) in [6, 6.07) is 8.56. The minimum atomic E-state index is -0.593. The lowest BCUT2D eigenvalue weighted by molar-refractivity contribution is -0.111. The molecule has 0 radical (unpaired) electrons. The molecule has 3 aromatic rings. The zero-order valence-electron chi connectivity index (χ0n) is 24.1. The van der Waals surface area contributed by atoms with Crippen molar-refractivity contribution in [3.8, 4) is 5.75 Å². The van der Waals surface area contributed by atoms with Gasteiger partial charge in [0.15, 0.2) is 5.82 Å². The highest BCUT2D eigenvalue weighted by atomic mass is 35.5. The highest BCUT2D eigenvalue weighted by Crippen LogP contribution is 2.41. The Bertz CT molecular complexity index is 1550. The molecule has 2 N–H and O–H groups in total. The second-order valence-electron chi connectivity index (χ2n) is 10.6. The number of nitrogens with one attached hydrogen (secondary N) is 2. The van der Waals surface area contributed by atoms with Gasteiger partial charge in [0.1, 0.15) is 23.7 Å². The van der Waals surface area contributed by atoms with Gasteiger partial charge in [0.25, 0.3) is 0 Å². The number of carbonyl (C=O) groups excluding carboxylic acids is 1. The quantitative estimate of drug-likeness (QED) is 0.239. The molecule has 1 atom stereocenters. The van der Waals surface area contributed by atoms with Crippen LogP contribution in [0.2, 0.25) is 10.0 Å². The molecule has 2 aromatic carbocycles. The molecule has 3 aliphatic rings. The van der Waals surface area contributed by atoms with Gasteiger partial charge in [-0.1, -0.05) is 35.8 Å². The number of hydrogen-bond donors (Lipinski definition) is 2. The summed E-state index contributed by atoms with van der Waals surface area (Å²) >= 11 is 12.1. The van der Waals surface area contributed by atoms with Gasteiger partial charge in [-0.05, 0) is 18.2 Å². The van der Waals surface area contributed by atoms with Gasteiger partial charge in [0, 0.05) is 50.3 Å². The zero-order chi connectivity index (χ0) is 30.8. The van der Waals surface area contributed by atoms with E-state index >= 15 is 4.39 Å². The SMILES string of the molecule is C=CC(=O)Nc1cc(Nc2cc(N3OCC[C@@H]3c3ccc(Cl)c(Cl)c3F)ncn2)c(OC)cc1N1CCN(C2COC2)CC1. The number of carbonyl (C=O) groups is 1. The Kier molecular flexibility index (Phi) is 9.06. The van der Waals surface area contributed by atoms with Crippen LogP contribution in [0.5, 0.6) is 5.75 Å². The van der Waals surface area contributed by atoms with Gasteiger partial charge in [0.2, 0.25) is 5.91 Å². The number of piperazine rings is 1. The number of anilines is 5. The molecule has 6 rings (SSSR count). The molecule has 11 nitrogen and oxygen atoms in total. The standard InChI is InChI=1S/C30H32Cl2FN7O4/c1-3-28(41)37-21-12-22(25(42-2)13-24(21)39-9-7-38(8-10-39)18-15-43-16-18)36-26-14-27(35-17-34-26)40-23(6-11-44-40)19-4-5-20(31)29(32)30(19)33/h3-5,12-14,17-18,23H,1,6-11,15-16H2,2H3,(H,37,41)(H,34,35,36)/t23-/m1/s1. The molecule has 44 heavy (non-hydrogen) atoms. The minimum absolute atomic E-state index is 0.134. The van der Waals surface area contributed by atoms with Gasteiger partial charge in [-0.15, -0.1) is 0 Å². The van der Waals surface area contributed by atoms with E-state index in [9.17, 15) is 4.79 Å². The van der Waals surface area contributed by atoms with E-state index in [0.29, 0.717) is 53.4 Å². The predicted molar refractivity (Wildman–Crippen MR) is 168 cm³/mol. The van der Waals surface area contributed by atoms with Crippen molar-refractivity contribution >= 4 is 57.8 Å². The van der Waals surface area contributed by atoms with Crippen molar-refractivity contribution in [2.45, 2.75) is 18.5 Å². The third-order valence-electron chi connectivity index (χ3n) is 8.02. The van der Waals surface area contributed by atoms with E-state index < -0.39 is 11.9 Å². The number of amides is 1. The third kappa shape index (κ3) is 6.13. The largest absolute Gasteiger partial charge is 0.494 e. The molecule has 3 fully saturated rings. The Morgan fingerprint density at radius 2 is 1.93 bits per heavy atom. The van der Waals surface area contributed by atoms with Crippen LogP contribution in [0.1, 0.15) is 18.0 Å². The summed E-state index contributed by atoms with van der Waals surface area (Å²) in [4.78, 5) is 31.7. The molecule has 3 saturated heterocycles. The van der Waals surface area contributed by atoms with Gasteiger partial charge >= 0.3 is 0 Å². The summed E-state index contributed by atoms with van der Waals surface area (Å²) in [5.74, 6) is 0.483. The van der Waals surface area contributed by atoms with Crippen LogP contribution >= 0.6 is 23.2 Å². The lowest BCUT2D eigenvalue weighted by atomic mass is 10.0. The highest BCUT2D eigenvalue weighted by molar-refractivity contribution is 6.42. The number of rotatable bonds is 9. The molecule has 1 amide bonds. The normalized spacial score (nSPS) is 19.0. The Balaban J connectivity index is 1.26. The van der Waals surface area contributed by atoms with E-state index in [1.807, 2.05) is 12.1 Å². The first-order valence-corrected chi connectivity index (χ1v) is 15.0. The van der Waals surface area contributed by atoms with Gasteiger partial charge < -0.3 is 25.0 Å². The number of nitrogens with zero attached hydrogens (tertiary/aromatic N) is 5. The van der Waals surface area contributed by atoms with E-state index in [1.54, 1.807) is 30.4 Å². The maximum Gasteiger partial charge on any atom is 0.247 e. The first-order valence-electron chi connectivity index (χ1n) is 14.2. The predicted octanol–water partition coefficient (Wildman–Crippen LogP) is 5.20. The van der Waals surface area contributed by atoms with Gasteiger partial charge in [0.05, 0.1) is 66.1 Å². The van der Waals surface area contributed by atoms with Crippen LogP contribution in [0.4, 0.5) is 33.1 Å². The van der Waals surface area contributed by atoms with Gasteiger partial charge in [-0.2, -0.15) is 0 Å². The van der Waals surface area contributed by atoms with Crippen molar-refractivity contribution in [2.75, 3.05) is 73.7 Å². The number of halogens is 3. The average Bonchev–Trinajstić information content (AvgIpc) is 3.50. The fourth-order valence-corrected chi connectivity index (χ4v) is 5.91. The fourth-order valence-electron chi connectivity index (χ4n) is 5.59. The van der Waals surface area contributed by atoms with Crippen LogP contribution in [0.25, 0.3) is 0 Å². The van der Waals surface area contributed by atoms with Crippen LogP contribution in [-0.2, 0) is 14.4 Å². The molecular weight excluding hydrogens is 612 g/mol. The van der Waals surface area contributed by atoms with E-state index in [1.165, 1.54) is 12.4 Å². The lowest BCUT2D eigenvalue weighted by Crippen LogP contribution is -2.56. The Labute approximate surface area is 264 Å². The number of hydrogen-bond acceptors (Lipinski definition) is 10. The lowest BCUT2D eigenvalue weighted by Gasteiger charge is -2.43. The molecule has 1 aromatic heterocycles. The second-order valence-corrected chi connectivity index (χ2v) is 11.4.